The fourth-order valence-corrected chi connectivity index (χ4v) is 4.33. The van der Waals surface area contributed by atoms with Crippen molar-refractivity contribution in [1.29, 1.82) is 0 Å². The number of carbonyl (C=O) groups is 2. The summed E-state index contributed by atoms with van der Waals surface area (Å²) in [4.78, 5) is 26.8. The number of benzene rings is 2. The number of ketones is 1. The van der Waals surface area contributed by atoms with E-state index in [4.69, 9.17) is 4.74 Å². The average molecular weight is 365 g/mol. The first-order valence-corrected chi connectivity index (χ1v) is 9.32. The third kappa shape index (κ3) is 3.67. The van der Waals surface area contributed by atoms with E-state index in [0.29, 0.717) is 19.5 Å². The van der Waals surface area contributed by atoms with Crippen LogP contribution in [0.25, 0.3) is 0 Å². The summed E-state index contributed by atoms with van der Waals surface area (Å²) in [5.41, 5.74) is 7.54. The Labute approximate surface area is 161 Å². The molecule has 0 saturated heterocycles. The first-order valence-electron chi connectivity index (χ1n) is 9.32. The van der Waals surface area contributed by atoms with Crippen LogP contribution in [-0.2, 0) is 29.0 Å². The molecule has 1 unspecified atom stereocenters. The van der Waals surface area contributed by atoms with E-state index in [2.05, 4.69) is 30.0 Å². The van der Waals surface area contributed by atoms with Gasteiger partial charge < -0.3 is 4.74 Å². The molecule has 1 aliphatic heterocycles. The lowest BCUT2D eigenvalue weighted by Gasteiger charge is -2.36. The van der Waals surface area contributed by atoms with Crippen LogP contribution in [0.1, 0.15) is 50.7 Å². The van der Waals surface area contributed by atoms with Crippen LogP contribution < -0.4 is 0 Å². The van der Waals surface area contributed by atoms with E-state index in [9.17, 15) is 9.59 Å². The van der Waals surface area contributed by atoms with Crippen molar-refractivity contribution in [1.82, 2.24) is 4.90 Å². The van der Waals surface area contributed by atoms with Crippen LogP contribution in [0.3, 0.4) is 0 Å². The summed E-state index contributed by atoms with van der Waals surface area (Å²) in [6, 6.07) is 10.0. The molecular weight excluding hydrogens is 338 g/mol. The molecule has 2 aromatic rings. The number of carbonyl (C=O) groups excluding carboxylic acids is 2. The molecule has 0 fully saturated rings. The number of methoxy groups -OCH3 is 1. The van der Waals surface area contributed by atoms with E-state index in [1.54, 1.807) is 6.92 Å². The van der Waals surface area contributed by atoms with Gasteiger partial charge in [-0.25, -0.2) is 0 Å². The molecule has 0 aliphatic carbocycles. The highest BCUT2D eigenvalue weighted by atomic mass is 16.5. The third-order valence-corrected chi connectivity index (χ3v) is 5.66. The van der Waals surface area contributed by atoms with Crippen molar-refractivity contribution in [3.05, 3.63) is 69.3 Å². The first-order chi connectivity index (χ1) is 12.8. The molecule has 0 N–H and O–H groups in total. The molecule has 0 bridgehead atoms. The Bertz CT molecular complexity index is 901. The van der Waals surface area contributed by atoms with E-state index in [1.807, 2.05) is 26.0 Å². The molecule has 1 heterocycles. The van der Waals surface area contributed by atoms with E-state index in [1.165, 1.54) is 18.2 Å². The van der Waals surface area contributed by atoms with Crippen LogP contribution in [0.2, 0.25) is 0 Å². The number of hydrogen-bond donors (Lipinski definition) is 0. The second-order valence-corrected chi connectivity index (χ2v) is 7.46. The zero-order chi connectivity index (χ0) is 19.7. The Hall–Kier alpha value is -2.46. The molecular formula is C23H27NO3. The Kier molecular flexibility index (Phi) is 5.47. The Balaban J connectivity index is 2.01. The lowest BCUT2D eigenvalue weighted by Crippen LogP contribution is -2.45. The summed E-state index contributed by atoms with van der Waals surface area (Å²) in [7, 11) is 1.44. The second-order valence-electron chi connectivity index (χ2n) is 7.46. The SMILES string of the molecule is COC(=O)C1Cc2ccccc2CN1Cc1c(C)cc(C)c(C(C)=O)c1C. The number of hydrogen-bond acceptors (Lipinski definition) is 4. The van der Waals surface area contributed by atoms with Crippen LogP contribution in [-0.4, -0.2) is 29.8 Å². The summed E-state index contributed by atoms with van der Waals surface area (Å²) < 4.78 is 5.08. The maximum atomic E-state index is 12.5. The van der Waals surface area contributed by atoms with E-state index < -0.39 is 0 Å². The third-order valence-electron chi connectivity index (χ3n) is 5.66. The monoisotopic (exact) mass is 365 g/mol. The van der Waals surface area contributed by atoms with Gasteiger partial charge >= 0.3 is 5.97 Å². The maximum Gasteiger partial charge on any atom is 0.323 e. The number of fused-ring (bicyclic) bond motifs is 1. The summed E-state index contributed by atoms with van der Waals surface area (Å²) >= 11 is 0. The number of aryl methyl sites for hydroxylation is 2. The number of Topliss-reactive ketones (excluding diaryl/α,β-unsaturated/α-hetero) is 1. The predicted octanol–water partition coefficient (Wildman–Crippen LogP) is 3.91. The van der Waals surface area contributed by atoms with Gasteiger partial charge in [-0.2, -0.15) is 0 Å². The van der Waals surface area contributed by atoms with Gasteiger partial charge in [-0.1, -0.05) is 30.3 Å². The number of rotatable bonds is 4. The van der Waals surface area contributed by atoms with Gasteiger partial charge in [0.15, 0.2) is 5.78 Å². The van der Waals surface area contributed by atoms with Crippen molar-refractivity contribution in [2.45, 2.75) is 53.2 Å². The van der Waals surface area contributed by atoms with Crippen molar-refractivity contribution >= 4 is 11.8 Å². The quantitative estimate of drug-likeness (QED) is 0.609. The largest absolute Gasteiger partial charge is 0.468 e. The Morgan fingerprint density at radius 1 is 1.11 bits per heavy atom. The summed E-state index contributed by atoms with van der Waals surface area (Å²) in [6.45, 7) is 8.99. The van der Waals surface area contributed by atoms with Crippen molar-refractivity contribution < 1.29 is 14.3 Å². The molecule has 0 radical (unpaired) electrons. The molecule has 4 nitrogen and oxygen atoms in total. The van der Waals surface area contributed by atoms with Crippen LogP contribution >= 0.6 is 0 Å². The number of nitrogens with zero attached hydrogens (tertiary/aromatic N) is 1. The molecule has 27 heavy (non-hydrogen) atoms. The highest BCUT2D eigenvalue weighted by Crippen LogP contribution is 2.29. The highest BCUT2D eigenvalue weighted by Gasteiger charge is 2.33. The van der Waals surface area contributed by atoms with Gasteiger partial charge in [-0.05, 0) is 67.5 Å². The molecule has 0 spiro atoms. The molecule has 1 aliphatic rings. The first kappa shape index (κ1) is 19.3. The zero-order valence-electron chi connectivity index (χ0n) is 16.8. The summed E-state index contributed by atoms with van der Waals surface area (Å²) in [5, 5.41) is 0. The van der Waals surface area contributed by atoms with Crippen molar-refractivity contribution in [2.75, 3.05) is 7.11 Å². The van der Waals surface area contributed by atoms with E-state index in [0.717, 1.165) is 27.8 Å². The van der Waals surface area contributed by atoms with Gasteiger partial charge in [0, 0.05) is 18.7 Å². The fourth-order valence-electron chi connectivity index (χ4n) is 4.33. The van der Waals surface area contributed by atoms with Gasteiger partial charge in [-0.15, -0.1) is 0 Å². The number of esters is 1. The summed E-state index contributed by atoms with van der Waals surface area (Å²) in [5.74, 6) is -0.126. The molecule has 2 aromatic carbocycles. The Morgan fingerprint density at radius 2 is 1.78 bits per heavy atom. The smallest absolute Gasteiger partial charge is 0.323 e. The molecule has 0 amide bonds. The molecule has 0 aromatic heterocycles. The van der Waals surface area contributed by atoms with Gasteiger partial charge in [0.25, 0.3) is 0 Å². The van der Waals surface area contributed by atoms with E-state index >= 15 is 0 Å². The molecule has 4 heteroatoms. The van der Waals surface area contributed by atoms with Gasteiger partial charge in [0.05, 0.1) is 7.11 Å². The van der Waals surface area contributed by atoms with Gasteiger partial charge in [-0.3, -0.25) is 14.5 Å². The average Bonchev–Trinajstić information content (AvgIpc) is 2.63. The predicted molar refractivity (Wildman–Crippen MR) is 106 cm³/mol. The zero-order valence-corrected chi connectivity index (χ0v) is 16.8. The summed E-state index contributed by atoms with van der Waals surface area (Å²) in [6.07, 6.45) is 0.645. The molecule has 0 saturated carbocycles. The van der Waals surface area contributed by atoms with Crippen LogP contribution in [0, 0.1) is 20.8 Å². The maximum absolute atomic E-state index is 12.5. The highest BCUT2D eigenvalue weighted by molar-refractivity contribution is 5.97. The van der Waals surface area contributed by atoms with Crippen molar-refractivity contribution in [2.24, 2.45) is 0 Å². The Morgan fingerprint density at radius 3 is 2.41 bits per heavy atom. The lowest BCUT2D eigenvalue weighted by atomic mass is 9.89. The van der Waals surface area contributed by atoms with Crippen molar-refractivity contribution in [3.8, 4) is 0 Å². The molecule has 1 atom stereocenters. The minimum absolute atomic E-state index is 0.0831. The molecule has 3 rings (SSSR count). The van der Waals surface area contributed by atoms with Crippen LogP contribution in [0.4, 0.5) is 0 Å². The van der Waals surface area contributed by atoms with E-state index in [-0.39, 0.29) is 17.8 Å². The normalized spacial score (nSPS) is 16.7. The number of ether oxygens (including phenoxy) is 1. The van der Waals surface area contributed by atoms with Gasteiger partial charge in [0.1, 0.15) is 6.04 Å². The van der Waals surface area contributed by atoms with Gasteiger partial charge in [0.2, 0.25) is 0 Å². The molecule has 142 valence electrons. The lowest BCUT2D eigenvalue weighted by molar-refractivity contribution is -0.148. The standard InChI is InChI=1S/C23H27NO3/c1-14-10-15(2)22(17(4)25)16(3)20(14)13-24-12-19-9-7-6-8-18(19)11-21(24)23(26)27-5/h6-10,21H,11-13H2,1-5H3. The van der Waals surface area contributed by atoms with Crippen LogP contribution in [0.5, 0.6) is 0 Å². The second kappa shape index (κ2) is 7.65. The van der Waals surface area contributed by atoms with Crippen molar-refractivity contribution in [3.63, 3.8) is 0 Å². The topological polar surface area (TPSA) is 46.6 Å². The minimum atomic E-state index is -0.314. The fraction of sp³-hybridized carbons (Fsp3) is 0.391. The van der Waals surface area contributed by atoms with Crippen LogP contribution in [0.15, 0.2) is 30.3 Å². The minimum Gasteiger partial charge on any atom is -0.468 e.